The van der Waals surface area contributed by atoms with Gasteiger partial charge >= 0.3 is 0 Å². The Bertz CT molecular complexity index is 491. The second kappa shape index (κ2) is 4.55. The summed E-state index contributed by atoms with van der Waals surface area (Å²) in [6, 6.07) is 4.83. The van der Waals surface area contributed by atoms with Gasteiger partial charge in [0.25, 0.3) is 5.91 Å². The Morgan fingerprint density at radius 1 is 1.25 bits per heavy atom. The fraction of sp³-hybridized carbons (Fsp3) is 0. The molecule has 16 heavy (non-hydrogen) atoms. The van der Waals surface area contributed by atoms with E-state index in [0.717, 1.165) is 0 Å². The number of halogens is 2. The second-order valence-electron chi connectivity index (χ2n) is 3.10. The molecule has 0 saturated carbocycles. The van der Waals surface area contributed by atoms with Gasteiger partial charge in [-0.1, -0.05) is 23.2 Å². The molecule has 82 valence electrons. The first kappa shape index (κ1) is 11.0. The number of nitrogens with one attached hydrogen (secondary N) is 2. The molecule has 2 aromatic rings. The Morgan fingerprint density at radius 2 is 1.94 bits per heavy atom. The molecule has 1 amide bonds. The molecular formula is C10H7Cl2N3O. The highest BCUT2D eigenvalue weighted by Gasteiger charge is 2.07. The van der Waals surface area contributed by atoms with Gasteiger partial charge in [-0.25, -0.2) is 0 Å². The highest BCUT2D eigenvalue weighted by molar-refractivity contribution is 6.35. The maximum atomic E-state index is 11.6. The lowest BCUT2D eigenvalue weighted by Crippen LogP contribution is -2.10. The summed E-state index contributed by atoms with van der Waals surface area (Å²) in [4.78, 5) is 11.6. The van der Waals surface area contributed by atoms with E-state index in [1.807, 2.05) is 0 Å². The molecule has 1 aromatic heterocycles. The molecule has 0 saturated heterocycles. The largest absolute Gasteiger partial charge is 0.322 e. The van der Waals surface area contributed by atoms with E-state index in [0.29, 0.717) is 21.3 Å². The van der Waals surface area contributed by atoms with Crippen LogP contribution < -0.4 is 5.32 Å². The summed E-state index contributed by atoms with van der Waals surface area (Å²) in [6.45, 7) is 0. The predicted molar refractivity (Wildman–Crippen MR) is 63.0 cm³/mol. The minimum absolute atomic E-state index is 0.271. The summed E-state index contributed by atoms with van der Waals surface area (Å²) < 4.78 is 0. The molecule has 6 heteroatoms. The van der Waals surface area contributed by atoms with E-state index < -0.39 is 0 Å². The van der Waals surface area contributed by atoms with Crippen molar-refractivity contribution in [3.05, 3.63) is 46.2 Å². The van der Waals surface area contributed by atoms with Crippen LogP contribution >= 0.6 is 23.2 Å². The second-order valence-corrected chi connectivity index (χ2v) is 3.97. The van der Waals surface area contributed by atoms with E-state index in [-0.39, 0.29) is 5.91 Å². The summed E-state index contributed by atoms with van der Waals surface area (Å²) in [6.07, 6.45) is 2.93. The fourth-order valence-corrected chi connectivity index (χ4v) is 1.73. The normalized spacial score (nSPS) is 10.1. The van der Waals surface area contributed by atoms with Crippen LogP contribution in [0.15, 0.2) is 30.6 Å². The Balaban J connectivity index is 2.18. The first-order valence-electron chi connectivity index (χ1n) is 4.41. The van der Waals surface area contributed by atoms with E-state index in [1.165, 1.54) is 12.4 Å². The minimum atomic E-state index is -0.271. The van der Waals surface area contributed by atoms with Crippen LogP contribution in [0, 0.1) is 0 Å². The van der Waals surface area contributed by atoms with Gasteiger partial charge in [-0.15, -0.1) is 0 Å². The van der Waals surface area contributed by atoms with Gasteiger partial charge in [0, 0.05) is 21.9 Å². The van der Waals surface area contributed by atoms with Gasteiger partial charge in [0.2, 0.25) is 0 Å². The number of rotatable bonds is 2. The van der Waals surface area contributed by atoms with Crippen LogP contribution in [0.25, 0.3) is 0 Å². The van der Waals surface area contributed by atoms with Gasteiger partial charge in [0.15, 0.2) is 0 Å². The molecule has 0 fully saturated rings. The lowest BCUT2D eigenvalue weighted by Gasteiger charge is -2.04. The van der Waals surface area contributed by atoms with Crippen molar-refractivity contribution in [2.45, 2.75) is 0 Å². The van der Waals surface area contributed by atoms with Gasteiger partial charge in [-0.3, -0.25) is 9.89 Å². The SMILES string of the molecule is O=C(Nc1cc(Cl)cc(Cl)c1)c1cn[nH]c1. The zero-order chi connectivity index (χ0) is 11.5. The summed E-state index contributed by atoms with van der Waals surface area (Å²) in [7, 11) is 0. The highest BCUT2D eigenvalue weighted by Crippen LogP contribution is 2.22. The fourth-order valence-electron chi connectivity index (χ4n) is 1.20. The number of aromatic amines is 1. The number of amides is 1. The van der Waals surface area contributed by atoms with Crippen LogP contribution in [0.2, 0.25) is 10.0 Å². The molecule has 1 aromatic carbocycles. The van der Waals surface area contributed by atoms with Crippen molar-refractivity contribution in [2.75, 3.05) is 5.32 Å². The lowest BCUT2D eigenvalue weighted by molar-refractivity contribution is 0.102. The Morgan fingerprint density at radius 3 is 2.50 bits per heavy atom. The topological polar surface area (TPSA) is 57.8 Å². The first-order chi connectivity index (χ1) is 7.65. The molecule has 0 radical (unpaired) electrons. The lowest BCUT2D eigenvalue weighted by atomic mass is 10.3. The Hall–Kier alpha value is -1.52. The zero-order valence-electron chi connectivity index (χ0n) is 8.00. The maximum absolute atomic E-state index is 11.6. The average molecular weight is 256 g/mol. The van der Waals surface area contributed by atoms with Gasteiger partial charge in [-0.05, 0) is 18.2 Å². The van der Waals surface area contributed by atoms with Crippen molar-refractivity contribution in [3.63, 3.8) is 0 Å². The number of anilines is 1. The Kier molecular flexibility index (Phi) is 3.12. The van der Waals surface area contributed by atoms with Gasteiger partial charge < -0.3 is 5.32 Å². The van der Waals surface area contributed by atoms with E-state index in [9.17, 15) is 4.79 Å². The van der Waals surface area contributed by atoms with Crippen molar-refractivity contribution < 1.29 is 4.79 Å². The average Bonchev–Trinajstić information content (AvgIpc) is 2.68. The van der Waals surface area contributed by atoms with Gasteiger partial charge in [0.1, 0.15) is 0 Å². The third kappa shape index (κ3) is 2.53. The molecule has 0 atom stereocenters. The molecule has 0 aliphatic rings. The number of H-pyrrole nitrogens is 1. The first-order valence-corrected chi connectivity index (χ1v) is 5.17. The molecule has 4 nitrogen and oxygen atoms in total. The quantitative estimate of drug-likeness (QED) is 0.867. The van der Waals surface area contributed by atoms with Crippen molar-refractivity contribution in [1.82, 2.24) is 10.2 Å². The third-order valence-electron chi connectivity index (χ3n) is 1.88. The highest BCUT2D eigenvalue weighted by atomic mass is 35.5. The monoisotopic (exact) mass is 255 g/mol. The van der Waals surface area contributed by atoms with Gasteiger partial charge in [0.05, 0.1) is 11.8 Å². The minimum Gasteiger partial charge on any atom is -0.322 e. The van der Waals surface area contributed by atoms with E-state index in [1.54, 1.807) is 18.2 Å². The molecule has 1 heterocycles. The Labute approximate surface area is 102 Å². The molecule has 0 spiro atoms. The number of hydrogen-bond donors (Lipinski definition) is 2. The van der Waals surface area contributed by atoms with E-state index in [2.05, 4.69) is 15.5 Å². The van der Waals surface area contributed by atoms with Crippen LogP contribution in [0.3, 0.4) is 0 Å². The molecule has 2 N–H and O–H groups in total. The van der Waals surface area contributed by atoms with Gasteiger partial charge in [-0.2, -0.15) is 5.10 Å². The standard InChI is InChI=1S/C10H7Cl2N3O/c11-7-1-8(12)3-9(2-7)15-10(16)6-4-13-14-5-6/h1-5H,(H,13,14)(H,15,16). The summed E-state index contributed by atoms with van der Waals surface area (Å²) in [5.41, 5.74) is 0.986. The van der Waals surface area contributed by atoms with Crippen LogP contribution in [0.5, 0.6) is 0 Å². The van der Waals surface area contributed by atoms with E-state index >= 15 is 0 Å². The van der Waals surface area contributed by atoms with Crippen molar-refractivity contribution in [1.29, 1.82) is 0 Å². The summed E-state index contributed by atoms with van der Waals surface area (Å²) in [5, 5.41) is 9.83. The van der Waals surface area contributed by atoms with Crippen LogP contribution in [0.1, 0.15) is 10.4 Å². The molecule has 0 bridgehead atoms. The zero-order valence-corrected chi connectivity index (χ0v) is 9.51. The van der Waals surface area contributed by atoms with Crippen LogP contribution in [-0.2, 0) is 0 Å². The van der Waals surface area contributed by atoms with Crippen LogP contribution in [0.4, 0.5) is 5.69 Å². The predicted octanol–water partition coefficient (Wildman–Crippen LogP) is 2.97. The number of hydrogen-bond acceptors (Lipinski definition) is 2. The van der Waals surface area contributed by atoms with Crippen molar-refractivity contribution in [2.24, 2.45) is 0 Å². The van der Waals surface area contributed by atoms with Crippen molar-refractivity contribution >= 4 is 34.8 Å². The summed E-state index contributed by atoms with van der Waals surface area (Å²) in [5.74, 6) is -0.271. The summed E-state index contributed by atoms with van der Waals surface area (Å²) >= 11 is 11.6. The molecule has 0 aliphatic heterocycles. The number of carbonyl (C=O) groups is 1. The van der Waals surface area contributed by atoms with Crippen LogP contribution in [-0.4, -0.2) is 16.1 Å². The number of nitrogens with zero attached hydrogens (tertiary/aromatic N) is 1. The number of carbonyl (C=O) groups excluding carboxylic acids is 1. The molecule has 0 unspecified atom stereocenters. The number of benzene rings is 1. The maximum Gasteiger partial charge on any atom is 0.258 e. The molecular weight excluding hydrogens is 249 g/mol. The van der Waals surface area contributed by atoms with E-state index in [4.69, 9.17) is 23.2 Å². The molecule has 2 rings (SSSR count). The third-order valence-corrected chi connectivity index (χ3v) is 2.32. The number of aromatic nitrogens is 2. The van der Waals surface area contributed by atoms with Crippen molar-refractivity contribution in [3.8, 4) is 0 Å². The smallest absolute Gasteiger partial charge is 0.258 e. The molecule has 0 aliphatic carbocycles.